The van der Waals surface area contributed by atoms with Crippen molar-refractivity contribution in [3.63, 3.8) is 0 Å². The quantitative estimate of drug-likeness (QED) is 0.126. The second-order valence-electron chi connectivity index (χ2n) is 19.7. The molecule has 6 rings (SSSR count). The maximum absolute atomic E-state index is 15.2. The summed E-state index contributed by atoms with van der Waals surface area (Å²) in [5.74, 6) is -6.96. The number of benzene rings is 2. The van der Waals surface area contributed by atoms with Gasteiger partial charge in [0.15, 0.2) is 18.0 Å². The first-order chi connectivity index (χ1) is 31.3. The molecule has 5 N–H and O–H groups in total. The Kier molecular flexibility index (Phi) is 14.5. The molecule has 67 heavy (non-hydrogen) atoms. The highest BCUT2D eigenvalue weighted by atomic mass is 16.6. The number of hydrogen-bond acceptors (Lipinski definition) is 17. The fraction of sp³-hybridized carbons (Fsp3) is 0.571. The lowest BCUT2D eigenvalue weighted by Gasteiger charge is -2.68. The van der Waals surface area contributed by atoms with Crippen LogP contribution in [0, 0.1) is 22.2 Å². The van der Waals surface area contributed by atoms with Crippen LogP contribution in [0.4, 0.5) is 4.79 Å². The zero-order chi connectivity index (χ0) is 49.4. The molecule has 0 spiro atoms. The van der Waals surface area contributed by atoms with Gasteiger partial charge in [0.25, 0.3) is 0 Å². The Morgan fingerprint density at radius 1 is 0.925 bits per heavy atom. The van der Waals surface area contributed by atoms with E-state index >= 15 is 4.79 Å². The largest absolute Gasteiger partial charge is 0.458 e. The lowest BCUT2D eigenvalue weighted by molar-refractivity contribution is -0.340. The minimum absolute atomic E-state index is 0.0586. The molecule has 3 fully saturated rings. The Balaban J connectivity index is 1.51. The molecule has 1 amide bonds. The number of esters is 5. The molecule has 4 aliphatic rings. The molecule has 1 aliphatic heterocycles. The SMILES string of the molecule is CC(=O)O[C@@]12COC1C[C@H](O)[C@@]1(C)C(=O)[C@H](O)C3=C(C)[C@@H](OC(=O)[C@H](OC(=O)COC(=O)CCN)[C@@H](NC(=O)OC(C)(C)C)c4ccccc4)C[C@@](C)([C@@H](OC(=O)c4ccccc4)[C@@H]12)C3(C)C. The molecule has 364 valence electrons. The van der Waals surface area contributed by atoms with Crippen LogP contribution in [0.3, 0.4) is 0 Å². The molecule has 11 atom stereocenters. The van der Waals surface area contributed by atoms with Crippen molar-refractivity contribution in [2.24, 2.45) is 27.9 Å². The lowest BCUT2D eigenvalue weighted by Crippen LogP contribution is -2.80. The molecule has 0 aromatic heterocycles. The van der Waals surface area contributed by atoms with E-state index in [-0.39, 0.29) is 54.7 Å². The second kappa shape index (κ2) is 19.1. The number of carbonyl (C=O) groups is 7. The topological polar surface area (TPSA) is 263 Å². The van der Waals surface area contributed by atoms with Gasteiger partial charge in [0.2, 0.25) is 6.10 Å². The number of nitrogens with two attached hydrogens (primary N) is 1. The van der Waals surface area contributed by atoms with Crippen LogP contribution in [-0.2, 0) is 57.1 Å². The maximum atomic E-state index is 15.2. The summed E-state index contributed by atoms with van der Waals surface area (Å²) in [4.78, 5) is 96.8. The third-order valence-electron chi connectivity index (χ3n) is 14.1. The molecule has 2 aromatic rings. The van der Waals surface area contributed by atoms with Crippen LogP contribution in [0.5, 0.6) is 0 Å². The number of rotatable bonds is 13. The van der Waals surface area contributed by atoms with E-state index < -0.39 is 124 Å². The van der Waals surface area contributed by atoms with E-state index in [1.54, 1.807) is 97.0 Å². The molecule has 2 saturated carbocycles. The molecule has 2 aromatic carbocycles. The van der Waals surface area contributed by atoms with Crippen LogP contribution in [0.15, 0.2) is 71.8 Å². The molecule has 1 unspecified atom stereocenters. The summed E-state index contributed by atoms with van der Waals surface area (Å²) >= 11 is 0. The summed E-state index contributed by atoms with van der Waals surface area (Å²) in [5, 5.41) is 27.1. The first-order valence-corrected chi connectivity index (χ1v) is 22.3. The zero-order valence-electron chi connectivity index (χ0n) is 39.3. The van der Waals surface area contributed by atoms with E-state index in [0.717, 1.165) is 0 Å². The van der Waals surface area contributed by atoms with Crippen molar-refractivity contribution >= 4 is 41.7 Å². The van der Waals surface area contributed by atoms with Gasteiger partial charge in [0.1, 0.15) is 36.1 Å². The number of carbonyl (C=O) groups excluding carboxylic acids is 7. The van der Waals surface area contributed by atoms with Gasteiger partial charge < -0.3 is 54.4 Å². The van der Waals surface area contributed by atoms with E-state index in [1.165, 1.54) is 26.0 Å². The summed E-state index contributed by atoms with van der Waals surface area (Å²) in [6, 6.07) is 14.6. The van der Waals surface area contributed by atoms with E-state index in [9.17, 15) is 39.0 Å². The third kappa shape index (κ3) is 9.58. The highest BCUT2D eigenvalue weighted by Gasteiger charge is 2.77. The fourth-order valence-corrected chi connectivity index (χ4v) is 10.5. The number of ketones is 1. The lowest BCUT2D eigenvalue weighted by atomic mass is 9.42. The molecule has 3 aliphatic carbocycles. The zero-order valence-corrected chi connectivity index (χ0v) is 39.3. The standard InChI is InChI=1S/C49H62N2O16/c1-26-30(63-43(59)38(64-34(55)24-61-33(54)20-21-50)36(28-16-12-10-13-17-28)51-44(60)67-45(3,4)5)23-47(8)41(65-42(58)29-18-14-11-15-19-29)39-48(9,40(57)37(56)35(26)46(47,6)7)31(53)22-32-49(39,25-62-32)66-27(2)52/h10-19,30-32,36-39,41,53,56H,20-25,50H2,1-9H3,(H,51,60)/t30-,31-,32?,36-,37+,38+,39-,41-,47-,48+,49-/m0/s1. The van der Waals surface area contributed by atoms with Gasteiger partial charge >= 0.3 is 35.9 Å². The Morgan fingerprint density at radius 2 is 1.55 bits per heavy atom. The molecule has 1 heterocycles. The summed E-state index contributed by atoms with van der Waals surface area (Å²) in [6.45, 7) is 13.1. The summed E-state index contributed by atoms with van der Waals surface area (Å²) in [7, 11) is 0. The van der Waals surface area contributed by atoms with Crippen LogP contribution in [0.25, 0.3) is 0 Å². The third-order valence-corrected chi connectivity index (χ3v) is 14.1. The Labute approximate surface area is 389 Å². The van der Waals surface area contributed by atoms with E-state index in [2.05, 4.69) is 5.32 Å². The van der Waals surface area contributed by atoms with Gasteiger partial charge in [-0.15, -0.1) is 0 Å². The van der Waals surface area contributed by atoms with Gasteiger partial charge in [-0.2, -0.15) is 0 Å². The number of hydrogen-bond donors (Lipinski definition) is 4. The number of fused-ring (bicyclic) bond motifs is 5. The highest BCUT2D eigenvalue weighted by Crippen LogP contribution is 2.67. The molecule has 1 saturated heterocycles. The number of amides is 1. The smallest absolute Gasteiger partial charge is 0.408 e. The minimum atomic E-state index is -1.99. The van der Waals surface area contributed by atoms with Crippen molar-refractivity contribution in [2.75, 3.05) is 19.8 Å². The Bertz CT molecular complexity index is 2280. The van der Waals surface area contributed by atoms with E-state index in [4.69, 9.17) is 38.9 Å². The van der Waals surface area contributed by atoms with Gasteiger partial charge in [-0.3, -0.25) is 14.4 Å². The minimum Gasteiger partial charge on any atom is -0.458 e. The van der Waals surface area contributed by atoms with Crippen LogP contribution in [0.1, 0.15) is 104 Å². The van der Waals surface area contributed by atoms with Crippen molar-refractivity contribution in [1.29, 1.82) is 0 Å². The van der Waals surface area contributed by atoms with Crippen LogP contribution in [-0.4, -0.2) is 120 Å². The van der Waals surface area contributed by atoms with Gasteiger partial charge in [-0.05, 0) is 75.3 Å². The van der Waals surface area contributed by atoms with Gasteiger partial charge in [-0.25, -0.2) is 19.2 Å². The van der Waals surface area contributed by atoms with E-state index in [0.29, 0.717) is 0 Å². The van der Waals surface area contributed by atoms with Gasteiger partial charge in [0, 0.05) is 25.3 Å². The van der Waals surface area contributed by atoms with Crippen molar-refractivity contribution in [3.05, 3.63) is 82.9 Å². The van der Waals surface area contributed by atoms with Gasteiger partial charge in [-0.1, -0.05) is 69.3 Å². The van der Waals surface area contributed by atoms with Crippen LogP contribution >= 0.6 is 0 Å². The number of Topliss-reactive ketones (excluding diaryl/α,β-unsaturated/α-hetero) is 1. The first kappa shape index (κ1) is 50.7. The fourth-order valence-electron chi connectivity index (χ4n) is 10.5. The molecule has 0 radical (unpaired) electrons. The average Bonchev–Trinajstić information content (AvgIpc) is 3.25. The van der Waals surface area contributed by atoms with Crippen molar-refractivity contribution < 1.29 is 76.9 Å². The summed E-state index contributed by atoms with van der Waals surface area (Å²) in [5.41, 5.74) is -1.10. The maximum Gasteiger partial charge on any atom is 0.408 e. The predicted molar refractivity (Wildman–Crippen MR) is 235 cm³/mol. The van der Waals surface area contributed by atoms with Crippen molar-refractivity contribution in [3.8, 4) is 0 Å². The summed E-state index contributed by atoms with van der Waals surface area (Å²) in [6.07, 6.45) is -10.7. The highest BCUT2D eigenvalue weighted by molar-refractivity contribution is 5.94. The number of aliphatic hydroxyl groups is 2. The van der Waals surface area contributed by atoms with Crippen molar-refractivity contribution in [1.82, 2.24) is 5.32 Å². The predicted octanol–water partition coefficient (Wildman–Crippen LogP) is 3.98. The summed E-state index contributed by atoms with van der Waals surface area (Å²) < 4.78 is 41.3. The number of aliphatic hydroxyl groups excluding tert-OH is 2. The average molecular weight is 935 g/mol. The molecular weight excluding hydrogens is 873 g/mol. The number of nitrogens with one attached hydrogen (secondary N) is 1. The first-order valence-electron chi connectivity index (χ1n) is 22.3. The van der Waals surface area contributed by atoms with Crippen LogP contribution in [0.2, 0.25) is 0 Å². The molecular formula is C49H62N2O16. The van der Waals surface area contributed by atoms with Crippen LogP contribution < -0.4 is 11.1 Å². The van der Waals surface area contributed by atoms with E-state index in [1.807, 2.05) is 0 Å². The molecule has 2 bridgehead atoms. The Morgan fingerprint density at radius 3 is 2.12 bits per heavy atom. The second-order valence-corrected chi connectivity index (χ2v) is 19.7. The Hall–Kier alpha value is -5.69. The monoisotopic (exact) mass is 934 g/mol. The molecule has 18 heteroatoms. The van der Waals surface area contributed by atoms with Crippen molar-refractivity contribution in [2.45, 2.75) is 135 Å². The normalized spacial score (nSPS) is 30.5. The van der Waals surface area contributed by atoms with Gasteiger partial charge in [0.05, 0.1) is 36.0 Å². The molecule has 18 nitrogen and oxygen atoms in total. The number of ether oxygens (including phenoxy) is 7. The number of alkyl carbamates (subject to hydrolysis) is 1.